The van der Waals surface area contributed by atoms with Crippen molar-refractivity contribution in [1.29, 1.82) is 0 Å². The molecule has 1 aromatic rings. The summed E-state index contributed by atoms with van der Waals surface area (Å²) in [7, 11) is 0. The number of rotatable bonds is 5. The van der Waals surface area contributed by atoms with Crippen LogP contribution in [0, 0.1) is 16.0 Å². The number of nitro benzene ring substituents is 1. The molecular formula is C13H18N2O2. The average Bonchev–Trinajstić information content (AvgIpc) is 2.27. The smallest absolute Gasteiger partial charge is 0.269 e. The van der Waals surface area contributed by atoms with Crippen molar-refractivity contribution in [2.24, 2.45) is 5.92 Å². The van der Waals surface area contributed by atoms with Gasteiger partial charge in [-0.15, -0.1) is 0 Å². The Morgan fingerprint density at radius 3 is 2.53 bits per heavy atom. The Balaban J connectivity index is 1.89. The maximum Gasteiger partial charge on any atom is 0.269 e. The molecule has 1 aromatic carbocycles. The first-order valence-electron chi connectivity index (χ1n) is 6.14. The Bertz CT molecular complexity index is 385. The molecule has 1 saturated carbocycles. The van der Waals surface area contributed by atoms with Crippen molar-refractivity contribution < 1.29 is 4.92 Å². The summed E-state index contributed by atoms with van der Waals surface area (Å²) in [6, 6.07) is 7.05. The van der Waals surface area contributed by atoms with E-state index in [0.29, 0.717) is 0 Å². The monoisotopic (exact) mass is 234 g/mol. The van der Waals surface area contributed by atoms with E-state index in [2.05, 4.69) is 12.2 Å². The Morgan fingerprint density at radius 2 is 2.06 bits per heavy atom. The lowest BCUT2D eigenvalue weighted by atomic mass is 9.85. The normalized spacial score (nSPS) is 17.5. The molecule has 0 heterocycles. The zero-order chi connectivity index (χ0) is 12.3. The van der Waals surface area contributed by atoms with E-state index in [9.17, 15) is 10.1 Å². The minimum absolute atomic E-state index is 0.153. The lowest BCUT2D eigenvalue weighted by Crippen LogP contribution is -2.29. The van der Waals surface area contributed by atoms with Crippen molar-refractivity contribution >= 4 is 5.69 Å². The first-order valence-corrected chi connectivity index (χ1v) is 6.14. The van der Waals surface area contributed by atoms with Crippen LogP contribution < -0.4 is 5.32 Å². The highest BCUT2D eigenvalue weighted by atomic mass is 16.6. The summed E-state index contributed by atoms with van der Waals surface area (Å²) in [5, 5.41) is 14.0. The summed E-state index contributed by atoms with van der Waals surface area (Å²) in [5.41, 5.74) is 1.26. The van der Waals surface area contributed by atoms with Gasteiger partial charge in [-0.05, 0) is 37.8 Å². The first-order chi connectivity index (χ1) is 8.16. The number of nitrogens with one attached hydrogen (secondary N) is 1. The van der Waals surface area contributed by atoms with E-state index >= 15 is 0 Å². The second-order valence-electron chi connectivity index (χ2n) is 4.78. The van der Waals surface area contributed by atoms with Crippen molar-refractivity contribution in [2.45, 2.75) is 32.2 Å². The third-order valence-electron chi connectivity index (χ3n) is 3.54. The first kappa shape index (κ1) is 12.0. The second kappa shape index (κ2) is 5.27. The molecule has 1 fully saturated rings. The van der Waals surface area contributed by atoms with Gasteiger partial charge in [-0.25, -0.2) is 0 Å². The Hall–Kier alpha value is -1.42. The molecule has 2 rings (SSSR count). The minimum atomic E-state index is -0.365. The standard InChI is InChI=1S/C13H18N2O2/c1-10(14-9-11-3-2-4-11)12-5-7-13(8-6-12)15(16)17/h5-8,10-11,14H,2-4,9H2,1H3. The molecular weight excluding hydrogens is 216 g/mol. The van der Waals surface area contributed by atoms with Crippen LogP contribution in [0.5, 0.6) is 0 Å². The second-order valence-corrected chi connectivity index (χ2v) is 4.78. The van der Waals surface area contributed by atoms with Crippen LogP contribution in [0.15, 0.2) is 24.3 Å². The fourth-order valence-electron chi connectivity index (χ4n) is 2.04. The van der Waals surface area contributed by atoms with Crippen molar-refractivity contribution in [3.63, 3.8) is 0 Å². The van der Waals surface area contributed by atoms with Crippen LogP contribution >= 0.6 is 0 Å². The molecule has 4 heteroatoms. The number of hydrogen-bond acceptors (Lipinski definition) is 3. The highest BCUT2D eigenvalue weighted by Gasteiger charge is 2.18. The van der Waals surface area contributed by atoms with E-state index in [1.165, 1.54) is 19.3 Å². The van der Waals surface area contributed by atoms with Crippen molar-refractivity contribution in [2.75, 3.05) is 6.54 Å². The van der Waals surface area contributed by atoms with Crippen molar-refractivity contribution in [3.8, 4) is 0 Å². The fraction of sp³-hybridized carbons (Fsp3) is 0.538. The SMILES string of the molecule is CC(NCC1CCC1)c1ccc([N+](=O)[O-])cc1. The third-order valence-corrected chi connectivity index (χ3v) is 3.54. The number of nitro groups is 1. The van der Waals surface area contributed by atoms with E-state index in [0.717, 1.165) is 18.0 Å². The van der Waals surface area contributed by atoms with Gasteiger partial charge < -0.3 is 5.32 Å². The number of benzene rings is 1. The van der Waals surface area contributed by atoms with E-state index in [-0.39, 0.29) is 16.7 Å². The quantitative estimate of drug-likeness (QED) is 0.629. The molecule has 1 aliphatic rings. The average molecular weight is 234 g/mol. The van der Waals surface area contributed by atoms with Gasteiger partial charge in [0.05, 0.1) is 4.92 Å². The predicted molar refractivity (Wildman–Crippen MR) is 66.9 cm³/mol. The molecule has 1 N–H and O–H groups in total. The lowest BCUT2D eigenvalue weighted by molar-refractivity contribution is -0.384. The maximum absolute atomic E-state index is 10.5. The van der Waals surface area contributed by atoms with Gasteiger partial charge in [0.1, 0.15) is 0 Å². The number of nitrogens with zero attached hydrogens (tertiary/aromatic N) is 1. The van der Waals surface area contributed by atoms with E-state index in [1.807, 2.05) is 12.1 Å². The van der Waals surface area contributed by atoms with Gasteiger partial charge in [0.2, 0.25) is 0 Å². The van der Waals surface area contributed by atoms with Crippen LogP contribution in [0.4, 0.5) is 5.69 Å². The molecule has 1 atom stereocenters. The summed E-state index contributed by atoms with van der Waals surface area (Å²) < 4.78 is 0. The maximum atomic E-state index is 10.5. The molecule has 1 aliphatic carbocycles. The molecule has 0 spiro atoms. The van der Waals surface area contributed by atoms with E-state index in [4.69, 9.17) is 0 Å². The number of non-ortho nitro benzene ring substituents is 1. The van der Waals surface area contributed by atoms with Crippen LogP contribution in [0.3, 0.4) is 0 Å². The van der Waals surface area contributed by atoms with Crippen LogP contribution in [-0.4, -0.2) is 11.5 Å². The molecule has 0 saturated heterocycles. The molecule has 1 unspecified atom stereocenters. The van der Waals surface area contributed by atoms with Crippen LogP contribution in [0.2, 0.25) is 0 Å². The zero-order valence-electron chi connectivity index (χ0n) is 10.1. The van der Waals surface area contributed by atoms with Gasteiger partial charge in [-0.3, -0.25) is 10.1 Å². The van der Waals surface area contributed by atoms with Crippen LogP contribution in [0.25, 0.3) is 0 Å². The molecule has 92 valence electrons. The molecule has 0 amide bonds. The van der Waals surface area contributed by atoms with Crippen molar-refractivity contribution in [3.05, 3.63) is 39.9 Å². The summed E-state index contributed by atoms with van der Waals surface area (Å²) in [5.74, 6) is 0.829. The predicted octanol–water partition coefficient (Wildman–Crippen LogP) is 3.05. The minimum Gasteiger partial charge on any atom is -0.310 e. The highest BCUT2D eigenvalue weighted by molar-refractivity contribution is 5.34. The molecule has 0 radical (unpaired) electrons. The molecule has 0 aromatic heterocycles. The van der Waals surface area contributed by atoms with E-state index in [1.54, 1.807) is 12.1 Å². The van der Waals surface area contributed by atoms with Crippen LogP contribution in [-0.2, 0) is 0 Å². The van der Waals surface area contributed by atoms with Crippen molar-refractivity contribution in [1.82, 2.24) is 5.32 Å². The Morgan fingerprint density at radius 1 is 1.41 bits per heavy atom. The lowest BCUT2D eigenvalue weighted by Gasteiger charge is -2.27. The van der Waals surface area contributed by atoms with Gasteiger partial charge in [-0.1, -0.05) is 18.6 Å². The summed E-state index contributed by atoms with van der Waals surface area (Å²) in [6.07, 6.45) is 4.03. The van der Waals surface area contributed by atoms with E-state index < -0.39 is 0 Å². The van der Waals surface area contributed by atoms with Gasteiger partial charge in [0.15, 0.2) is 0 Å². The molecule has 17 heavy (non-hydrogen) atoms. The summed E-state index contributed by atoms with van der Waals surface area (Å²) in [6.45, 7) is 3.15. The molecule has 0 bridgehead atoms. The van der Waals surface area contributed by atoms with Gasteiger partial charge >= 0.3 is 0 Å². The Labute approximate surface area is 101 Å². The molecule has 4 nitrogen and oxygen atoms in total. The van der Waals surface area contributed by atoms with Gasteiger partial charge in [0, 0.05) is 18.2 Å². The Kier molecular flexibility index (Phi) is 3.74. The summed E-state index contributed by atoms with van der Waals surface area (Å²) >= 11 is 0. The highest BCUT2D eigenvalue weighted by Crippen LogP contribution is 2.26. The van der Waals surface area contributed by atoms with Gasteiger partial charge in [0.25, 0.3) is 5.69 Å². The zero-order valence-corrected chi connectivity index (χ0v) is 10.1. The molecule has 0 aliphatic heterocycles. The largest absolute Gasteiger partial charge is 0.310 e. The number of hydrogen-bond donors (Lipinski definition) is 1. The topological polar surface area (TPSA) is 55.2 Å². The van der Waals surface area contributed by atoms with Gasteiger partial charge in [-0.2, -0.15) is 0 Å². The third kappa shape index (κ3) is 3.03. The summed E-state index contributed by atoms with van der Waals surface area (Å²) in [4.78, 5) is 10.2. The fourth-order valence-corrected chi connectivity index (χ4v) is 2.04. The van der Waals surface area contributed by atoms with Crippen LogP contribution in [0.1, 0.15) is 37.8 Å².